The minimum atomic E-state index is -4.47. The number of benzene rings is 1. The van der Waals surface area contributed by atoms with E-state index in [9.17, 15) is 18.0 Å². The number of hydrogen-bond acceptors (Lipinski definition) is 3. The van der Waals surface area contributed by atoms with Gasteiger partial charge in [-0.15, -0.1) is 0 Å². The first kappa shape index (κ1) is 17.1. The summed E-state index contributed by atoms with van der Waals surface area (Å²) in [6, 6.07) is 7.43. The Morgan fingerprint density at radius 1 is 1.30 bits per heavy atom. The minimum Gasteiger partial charge on any atom is -0.482 e. The fraction of sp³-hybridized carbons (Fsp3) is 0.200. The molecule has 0 aliphatic heterocycles. The number of amides is 1. The Hall–Kier alpha value is -2.28. The van der Waals surface area contributed by atoms with Crippen LogP contribution in [0.2, 0.25) is 5.15 Å². The molecule has 0 aliphatic carbocycles. The van der Waals surface area contributed by atoms with Crippen molar-refractivity contribution in [2.75, 3.05) is 11.9 Å². The normalized spacial score (nSPS) is 11.2. The molecule has 0 spiro atoms. The first-order chi connectivity index (χ1) is 10.7. The Labute approximate surface area is 135 Å². The molecule has 0 atom stereocenters. The molecule has 1 heterocycles. The van der Waals surface area contributed by atoms with Crippen molar-refractivity contribution in [2.45, 2.75) is 13.1 Å². The van der Waals surface area contributed by atoms with Gasteiger partial charge in [-0.1, -0.05) is 17.7 Å². The van der Waals surface area contributed by atoms with Gasteiger partial charge in [0.2, 0.25) is 0 Å². The second-order valence-corrected chi connectivity index (χ2v) is 5.11. The van der Waals surface area contributed by atoms with Gasteiger partial charge in [-0.2, -0.15) is 13.2 Å². The van der Waals surface area contributed by atoms with Crippen LogP contribution in [-0.2, 0) is 0 Å². The molecule has 2 aromatic rings. The zero-order valence-corrected chi connectivity index (χ0v) is 12.7. The summed E-state index contributed by atoms with van der Waals surface area (Å²) >= 11 is 5.63. The van der Waals surface area contributed by atoms with Crippen LogP contribution in [0.25, 0.3) is 0 Å². The molecule has 0 aliphatic rings. The van der Waals surface area contributed by atoms with E-state index >= 15 is 0 Å². The van der Waals surface area contributed by atoms with Crippen molar-refractivity contribution in [1.29, 1.82) is 0 Å². The van der Waals surface area contributed by atoms with Crippen LogP contribution < -0.4 is 10.1 Å². The van der Waals surface area contributed by atoms with E-state index in [0.29, 0.717) is 5.56 Å². The maximum atomic E-state index is 12.3. The summed E-state index contributed by atoms with van der Waals surface area (Å²) < 4.78 is 41.7. The summed E-state index contributed by atoms with van der Waals surface area (Å²) in [5.41, 5.74) is 1.06. The molecule has 0 fully saturated rings. The third-order valence-corrected chi connectivity index (χ3v) is 2.99. The van der Waals surface area contributed by atoms with Gasteiger partial charge in [0.15, 0.2) is 6.61 Å². The lowest BCUT2D eigenvalue weighted by molar-refractivity contribution is -0.153. The Kier molecular flexibility index (Phi) is 5.10. The summed E-state index contributed by atoms with van der Waals surface area (Å²) in [7, 11) is 0. The van der Waals surface area contributed by atoms with Gasteiger partial charge in [-0.05, 0) is 36.8 Å². The van der Waals surface area contributed by atoms with E-state index in [1.165, 1.54) is 30.5 Å². The highest BCUT2D eigenvalue weighted by Crippen LogP contribution is 2.28. The van der Waals surface area contributed by atoms with E-state index in [1.807, 2.05) is 0 Å². The molecule has 122 valence electrons. The van der Waals surface area contributed by atoms with Crippen molar-refractivity contribution in [3.05, 3.63) is 52.8 Å². The van der Waals surface area contributed by atoms with Crippen molar-refractivity contribution in [3.63, 3.8) is 0 Å². The fourth-order valence-electron chi connectivity index (χ4n) is 1.72. The highest BCUT2D eigenvalue weighted by Gasteiger charge is 2.29. The van der Waals surface area contributed by atoms with Crippen molar-refractivity contribution >= 4 is 23.2 Å². The lowest BCUT2D eigenvalue weighted by Crippen LogP contribution is -2.20. The molecule has 2 rings (SSSR count). The lowest BCUT2D eigenvalue weighted by atomic mass is 10.2. The number of halogens is 4. The molecule has 1 aromatic heterocycles. The van der Waals surface area contributed by atoms with Crippen molar-refractivity contribution < 1.29 is 22.7 Å². The van der Waals surface area contributed by atoms with Crippen LogP contribution in [0.1, 0.15) is 15.9 Å². The first-order valence-corrected chi connectivity index (χ1v) is 6.85. The van der Waals surface area contributed by atoms with Gasteiger partial charge in [0.25, 0.3) is 5.91 Å². The number of anilines is 1. The Morgan fingerprint density at radius 2 is 2.04 bits per heavy atom. The van der Waals surface area contributed by atoms with Gasteiger partial charge in [0, 0.05) is 6.20 Å². The number of nitrogens with one attached hydrogen (secondary N) is 1. The number of alkyl halides is 3. The third kappa shape index (κ3) is 5.14. The second kappa shape index (κ2) is 6.87. The van der Waals surface area contributed by atoms with E-state index in [4.69, 9.17) is 16.3 Å². The summed E-state index contributed by atoms with van der Waals surface area (Å²) in [5.74, 6) is -0.590. The third-order valence-electron chi connectivity index (χ3n) is 2.77. The van der Waals surface area contributed by atoms with Crippen LogP contribution in [0.4, 0.5) is 18.9 Å². The molecule has 0 bridgehead atoms. The molecular weight excluding hydrogens is 333 g/mol. The Bertz CT molecular complexity index is 703. The van der Waals surface area contributed by atoms with Gasteiger partial charge in [-0.25, -0.2) is 4.98 Å². The molecule has 0 saturated heterocycles. The number of aromatic nitrogens is 1. The Balaban J connectivity index is 2.18. The van der Waals surface area contributed by atoms with E-state index in [0.717, 1.165) is 0 Å². The number of nitrogens with zero attached hydrogens (tertiary/aromatic N) is 1. The molecule has 1 amide bonds. The van der Waals surface area contributed by atoms with Crippen LogP contribution in [-0.4, -0.2) is 23.7 Å². The second-order valence-electron chi connectivity index (χ2n) is 4.73. The van der Waals surface area contributed by atoms with Crippen molar-refractivity contribution in [2.24, 2.45) is 0 Å². The van der Waals surface area contributed by atoms with Gasteiger partial charge in [0.05, 0.1) is 11.3 Å². The number of aryl methyl sites for hydroxylation is 1. The molecule has 23 heavy (non-hydrogen) atoms. The number of pyridine rings is 1. The summed E-state index contributed by atoms with van der Waals surface area (Å²) in [6.45, 7) is 0.261. The standard InChI is InChI=1S/C15H12ClF3N2O2/c1-9-2-4-11(12(6-9)23-8-15(17,18)19)21-14(22)10-3-5-13(16)20-7-10/h2-7H,8H2,1H3,(H,21,22). The van der Waals surface area contributed by atoms with Crippen molar-refractivity contribution in [1.82, 2.24) is 4.98 Å². The topological polar surface area (TPSA) is 51.2 Å². The predicted molar refractivity (Wildman–Crippen MR) is 79.9 cm³/mol. The number of carbonyl (C=O) groups is 1. The molecule has 8 heteroatoms. The average molecular weight is 345 g/mol. The Morgan fingerprint density at radius 3 is 2.65 bits per heavy atom. The van der Waals surface area contributed by atoms with Crippen LogP contribution in [0.15, 0.2) is 36.5 Å². The van der Waals surface area contributed by atoms with E-state index in [-0.39, 0.29) is 22.2 Å². The SMILES string of the molecule is Cc1ccc(NC(=O)c2ccc(Cl)nc2)c(OCC(F)(F)F)c1. The zero-order valence-electron chi connectivity index (χ0n) is 11.9. The summed E-state index contributed by atoms with van der Waals surface area (Å²) in [6.07, 6.45) is -3.20. The average Bonchev–Trinajstić information content (AvgIpc) is 2.47. The fourth-order valence-corrected chi connectivity index (χ4v) is 1.83. The molecule has 1 aromatic carbocycles. The van der Waals surface area contributed by atoms with E-state index < -0.39 is 18.7 Å². The molecule has 4 nitrogen and oxygen atoms in total. The highest BCUT2D eigenvalue weighted by molar-refractivity contribution is 6.29. The maximum absolute atomic E-state index is 12.3. The van der Waals surface area contributed by atoms with Crippen LogP contribution in [0.5, 0.6) is 5.75 Å². The lowest BCUT2D eigenvalue weighted by Gasteiger charge is -2.14. The summed E-state index contributed by atoms with van der Waals surface area (Å²) in [4.78, 5) is 15.9. The van der Waals surface area contributed by atoms with Gasteiger partial charge < -0.3 is 10.1 Å². The zero-order chi connectivity index (χ0) is 17.0. The predicted octanol–water partition coefficient (Wildman–Crippen LogP) is 4.24. The quantitative estimate of drug-likeness (QED) is 0.844. The number of rotatable bonds is 4. The molecular formula is C15H12ClF3N2O2. The van der Waals surface area contributed by atoms with Crippen molar-refractivity contribution in [3.8, 4) is 5.75 Å². The van der Waals surface area contributed by atoms with Gasteiger partial charge in [0.1, 0.15) is 10.9 Å². The number of hydrogen-bond donors (Lipinski definition) is 1. The monoisotopic (exact) mass is 344 g/mol. The first-order valence-electron chi connectivity index (χ1n) is 6.48. The van der Waals surface area contributed by atoms with E-state index in [1.54, 1.807) is 13.0 Å². The molecule has 0 saturated carbocycles. The van der Waals surface area contributed by atoms with E-state index in [2.05, 4.69) is 10.3 Å². The number of ether oxygens (including phenoxy) is 1. The van der Waals surface area contributed by atoms with Crippen LogP contribution in [0, 0.1) is 6.92 Å². The molecule has 1 N–H and O–H groups in total. The summed E-state index contributed by atoms with van der Waals surface area (Å²) in [5, 5.41) is 2.72. The highest BCUT2D eigenvalue weighted by atomic mass is 35.5. The molecule has 0 radical (unpaired) electrons. The van der Waals surface area contributed by atoms with Gasteiger partial charge >= 0.3 is 6.18 Å². The van der Waals surface area contributed by atoms with Crippen LogP contribution >= 0.6 is 11.6 Å². The molecule has 0 unspecified atom stereocenters. The van der Waals surface area contributed by atoms with Gasteiger partial charge in [-0.3, -0.25) is 4.79 Å². The maximum Gasteiger partial charge on any atom is 0.422 e. The minimum absolute atomic E-state index is 0.0578. The number of carbonyl (C=O) groups excluding carboxylic acids is 1. The van der Waals surface area contributed by atoms with Crippen LogP contribution in [0.3, 0.4) is 0 Å². The largest absolute Gasteiger partial charge is 0.482 e. The smallest absolute Gasteiger partial charge is 0.422 e.